The minimum atomic E-state index is -0.818. The van der Waals surface area contributed by atoms with Crippen molar-refractivity contribution in [2.24, 2.45) is 0 Å². The first-order valence-electron chi connectivity index (χ1n) is 28.9. The standard InChI is InChI=1S/C64H106O6/c1-4-7-10-13-16-19-22-25-28-30-32-34-36-39-42-45-48-51-54-57-63(66)69-60-61(59-68-62(65)56-53-50-47-44-41-38-27-24-21-18-15-12-9-6-3)70-64(67)58-55-52-49-46-43-40-37-35-33-31-29-26-23-20-17-14-11-8-5-2/h7,10,15-16,18-19,24-29,32,34,39,42,48,51,61H,4-6,8-9,11-14,17,20-23,30-31,33,35-38,40-41,43-47,49-50,52-60H2,1-3H3/b10-7-,18-15-,19-16-,27-24-,28-25-,29-26-,34-32-,42-39-,51-48-/t61-/m1/s1. The minimum absolute atomic E-state index is 0.111. The number of ether oxygens (including phenoxy) is 3. The third kappa shape index (κ3) is 55.0. The Morgan fingerprint density at radius 2 is 0.600 bits per heavy atom. The molecule has 6 nitrogen and oxygen atoms in total. The van der Waals surface area contributed by atoms with Crippen LogP contribution >= 0.6 is 0 Å². The van der Waals surface area contributed by atoms with Crippen molar-refractivity contribution in [2.75, 3.05) is 13.2 Å². The Morgan fingerprint density at radius 3 is 1.01 bits per heavy atom. The van der Waals surface area contributed by atoms with Crippen molar-refractivity contribution in [3.05, 3.63) is 109 Å². The van der Waals surface area contributed by atoms with Crippen molar-refractivity contribution in [1.29, 1.82) is 0 Å². The van der Waals surface area contributed by atoms with Crippen molar-refractivity contribution in [3.63, 3.8) is 0 Å². The number of carbonyl (C=O) groups excluding carboxylic acids is 3. The van der Waals surface area contributed by atoms with Crippen molar-refractivity contribution >= 4 is 17.9 Å². The van der Waals surface area contributed by atoms with Gasteiger partial charge in [0, 0.05) is 19.3 Å². The molecule has 6 heteroatoms. The Kier molecular flexibility index (Phi) is 54.4. The second-order valence-electron chi connectivity index (χ2n) is 18.8. The molecule has 0 aliphatic carbocycles. The van der Waals surface area contributed by atoms with Crippen LogP contribution < -0.4 is 0 Å². The molecule has 0 heterocycles. The molecule has 0 aromatic rings. The van der Waals surface area contributed by atoms with Gasteiger partial charge in [0.25, 0.3) is 0 Å². The summed E-state index contributed by atoms with van der Waals surface area (Å²) in [6.07, 6.45) is 78.0. The largest absolute Gasteiger partial charge is 0.462 e. The van der Waals surface area contributed by atoms with Gasteiger partial charge in [-0.25, -0.2) is 0 Å². The summed E-state index contributed by atoms with van der Waals surface area (Å²) in [7, 11) is 0. The van der Waals surface area contributed by atoms with E-state index in [0.717, 1.165) is 103 Å². The lowest BCUT2D eigenvalue weighted by molar-refractivity contribution is -0.166. The van der Waals surface area contributed by atoms with Crippen LogP contribution in [-0.4, -0.2) is 37.2 Å². The summed E-state index contributed by atoms with van der Waals surface area (Å²) in [5.41, 5.74) is 0. The van der Waals surface area contributed by atoms with Gasteiger partial charge in [0.2, 0.25) is 0 Å². The zero-order valence-corrected chi connectivity index (χ0v) is 45.5. The quantitative estimate of drug-likeness (QED) is 0.0262. The molecule has 0 aliphatic rings. The van der Waals surface area contributed by atoms with E-state index in [1.807, 2.05) is 6.08 Å². The maximum Gasteiger partial charge on any atom is 0.306 e. The average molecular weight is 972 g/mol. The summed E-state index contributed by atoms with van der Waals surface area (Å²) in [4.78, 5) is 38.1. The van der Waals surface area contributed by atoms with E-state index in [9.17, 15) is 14.4 Å². The van der Waals surface area contributed by atoms with E-state index < -0.39 is 6.10 Å². The van der Waals surface area contributed by atoms with Gasteiger partial charge in [-0.05, 0) is 109 Å². The van der Waals surface area contributed by atoms with Gasteiger partial charge >= 0.3 is 17.9 Å². The Labute approximate surface area is 431 Å². The van der Waals surface area contributed by atoms with E-state index in [2.05, 4.69) is 124 Å². The molecule has 0 saturated heterocycles. The molecule has 0 saturated carbocycles. The van der Waals surface area contributed by atoms with Crippen molar-refractivity contribution in [2.45, 2.75) is 264 Å². The number of unbranched alkanes of at least 4 members (excludes halogenated alkanes) is 22. The molecule has 0 aliphatic heterocycles. The van der Waals surface area contributed by atoms with E-state index in [-0.39, 0.29) is 37.5 Å². The summed E-state index contributed by atoms with van der Waals surface area (Å²) in [5.74, 6) is -1.01. The fourth-order valence-electron chi connectivity index (χ4n) is 7.66. The van der Waals surface area contributed by atoms with Gasteiger partial charge in [-0.2, -0.15) is 0 Å². The van der Waals surface area contributed by atoms with Crippen LogP contribution in [0.5, 0.6) is 0 Å². The first-order chi connectivity index (χ1) is 34.5. The molecule has 0 bridgehead atoms. The van der Waals surface area contributed by atoms with Gasteiger partial charge in [0.15, 0.2) is 6.10 Å². The molecule has 70 heavy (non-hydrogen) atoms. The molecule has 0 unspecified atom stereocenters. The Hall–Kier alpha value is -3.93. The Balaban J connectivity index is 4.51. The molecule has 0 amide bonds. The van der Waals surface area contributed by atoms with Crippen molar-refractivity contribution in [1.82, 2.24) is 0 Å². The van der Waals surface area contributed by atoms with E-state index in [1.165, 1.54) is 109 Å². The zero-order chi connectivity index (χ0) is 50.7. The maximum absolute atomic E-state index is 12.9. The van der Waals surface area contributed by atoms with Gasteiger partial charge in [-0.3, -0.25) is 14.4 Å². The minimum Gasteiger partial charge on any atom is -0.462 e. The van der Waals surface area contributed by atoms with Crippen LogP contribution in [0.3, 0.4) is 0 Å². The monoisotopic (exact) mass is 971 g/mol. The van der Waals surface area contributed by atoms with Crippen LogP contribution in [-0.2, 0) is 28.6 Å². The topological polar surface area (TPSA) is 78.9 Å². The molecular formula is C64H106O6. The molecule has 0 spiro atoms. The maximum atomic E-state index is 12.9. The van der Waals surface area contributed by atoms with Crippen LogP contribution in [0, 0.1) is 0 Å². The second kappa shape index (κ2) is 57.6. The van der Waals surface area contributed by atoms with E-state index in [0.29, 0.717) is 19.3 Å². The second-order valence-corrected chi connectivity index (χ2v) is 18.8. The SMILES string of the molecule is CC/C=C\C/C=C\C/C=C\C/C=C\C/C=C\C/C=C\CCC(=O)OC[C@@H](COC(=O)CCCCCCC/C=C\C/C=C\CCCC)OC(=O)CCCCCCCCCCC/C=C\CCCCCCCC. The highest BCUT2D eigenvalue weighted by atomic mass is 16.6. The number of rotatable bonds is 51. The molecule has 0 aromatic heterocycles. The summed E-state index contributed by atoms with van der Waals surface area (Å²) in [6.45, 7) is 6.41. The number of hydrogen-bond donors (Lipinski definition) is 0. The number of hydrogen-bond acceptors (Lipinski definition) is 6. The third-order valence-corrected chi connectivity index (χ3v) is 12.0. The van der Waals surface area contributed by atoms with E-state index >= 15 is 0 Å². The predicted molar refractivity (Wildman–Crippen MR) is 302 cm³/mol. The molecule has 0 fully saturated rings. The zero-order valence-electron chi connectivity index (χ0n) is 45.5. The van der Waals surface area contributed by atoms with Gasteiger partial charge in [0.1, 0.15) is 13.2 Å². The van der Waals surface area contributed by atoms with Crippen LogP contribution in [0.25, 0.3) is 0 Å². The smallest absolute Gasteiger partial charge is 0.306 e. The lowest BCUT2D eigenvalue weighted by Gasteiger charge is -2.18. The number of esters is 3. The molecule has 1 atom stereocenters. The first-order valence-corrected chi connectivity index (χ1v) is 28.9. The lowest BCUT2D eigenvalue weighted by Crippen LogP contribution is -2.30. The molecule has 0 radical (unpaired) electrons. The summed E-state index contributed by atoms with van der Waals surface area (Å²) < 4.78 is 16.8. The molecule has 398 valence electrons. The highest BCUT2D eigenvalue weighted by Gasteiger charge is 2.19. The van der Waals surface area contributed by atoms with Crippen LogP contribution in [0.15, 0.2) is 109 Å². The lowest BCUT2D eigenvalue weighted by atomic mass is 10.1. The van der Waals surface area contributed by atoms with Gasteiger partial charge in [0.05, 0.1) is 0 Å². The van der Waals surface area contributed by atoms with Crippen LogP contribution in [0.4, 0.5) is 0 Å². The summed E-state index contributed by atoms with van der Waals surface area (Å²) in [5, 5.41) is 0. The highest BCUT2D eigenvalue weighted by Crippen LogP contribution is 2.14. The van der Waals surface area contributed by atoms with Crippen LogP contribution in [0.1, 0.15) is 258 Å². The normalized spacial score (nSPS) is 12.9. The highest BCUT2D eigenvalue weighted by molar-refractivity contribution is 5.71. The van der Waals surface area contributed by atoms with Gasteiger partial charge in [-0.1, -0.05) is 239 Å². The Bertz CT molecular complexity index is 1440. The Morgan fingerprint density at radius 1 is 0.300 bits per heavy atom. The average Bonchev–Trinajstić information content (AvgIpc) is 3.36. The summed E-state index contributed by atoms with van der Waals surface area (Å²) in [6, 6.07) is 0. The fourth-order valence-corrected chi connectivity index (χ4v) is 7.66. The van der Waals surface area contributed by atoms with E-state index in [1.54, 1.807) is 0 Å². The van der Waals surface area contributed by atoms with E-state index in [4.69, 9.17) is 14.2 Å². The van der Waals surface area contributed by atoms with Gasteiger partial charge < -0.3 is 14.2 Å². The third-order valence-electron chi connectivity index (χ3n) is 12.0. The predicted octanol–water partition coefficient (Wildman–Crippen LogP) is 19.5. The van der Waals surface area contributed by atoms with Crippen LogP contribution in [0.2, 0.25) is 0 Å². The fraction of sp³-hybridized carbons (Fsp3) is 0.672. The molecular weight excluding hydrogens is 865 g/mol. The molecule has 0 aromatic carbocycles. The number of carbonyl (C=O) groups is 3. The molecule has 0 N–H and O–H groups in total. The van der Waals surface area contributed by atoms with Gasteiger partial charge in [-0.15, -0.1) is 0 Å². The number of allylic oxidation sites excluding steroid dienone is 18. The van der Waals surface area contributed by atoms with Crippen molar-refractivity contribution in [3.8, 4) is 0 Å². The summed E-state index contributed by atoms with van der Waals surface area (Å²) >= 11 is 0. The van der Waals surface area contributed by atoms with Crippen molar-refractivity contribution < 1.29 is 28.6 Å². The molecule has 0 rings (SSSR count). The first kappa shape index (κ1) is 66.1.